The lowest BCUT2D eigenvalue weighted by Gasteiger charge is -2.19. The van der Waals surface area contributed by atoms with E-state index in [1.807, 2.05) is 6.92 Å². The number of carbonyl (C=O) groups is 1. The summed E-state index contributed by atoms with van der Waals surface area (Å²) >= 11 is 0. The van der Waals surface area contributed by atoms with Gasteiger partial charge in [0.25, 0.3) is 12.3 Å². The minimum absolute atomic E-state index is 0.0600. The van der Waals surface area contributed by atoms with Gasteiger partial charge in [0.05, 0.1) is 31.1 Å². The summed E-state index contributed by atoms with van der Waals surface area (Å²) in [6.45, 7) is 2.53. The van der Waals surface area contributed by atoms with Gasteiger partial charge < -0.3 is 14.8 Å². The molecule has 7 nitrogen and oxygen atoms in total. The third kappa shape index (κ3) is 3.85. The molecule has 30 heavy (non-hydrogen) atoms. The highest BCUT2D eigenvalue weighted by Gasteiger charge is 2.26. The average Bonchev–Trinajstić information content (AvgIpc) is 3.43. The number of halogens is 2. The minimum atomic E-state index is -2.78. The zero-order chi connectivity index (χ0) is 21.3. The quantitative estimate of drug-likeness (QED) is 0.664. The number of amides is 1. The third-order valence-corrected chi connectivity index (χ3v) is 5.23. The van der Waals surface area contributed by atoms with Crippen molar-refractivity contribution >= 4 is 11.6 Å². The summed E-state index contributed by atoms with van der Waals surface area (Å²) in [5.74, 6) is 0.217. The van der Waals surface area contributed by atoms with Crippen molar-refractivity contribution in [1.82, 2.24) is 19.9 Å². The van der Waals surface area contributed by atoms with Crippen molar-refractivity contribution in [3.8, 4) is 17.0 Å². The van der Waals surface area contributed by atoms with Gasteiger partial charge in [-0.2, -0.15) is 5.10 Å². The van der Waals surface area contributed by atoms with Crippen LogP contribution in [0, 0.1) is 0 Å². The van der Waals surface area contributed by atoms with E-state index >= 15 is 0 Å². The molecule has 158 valence electrons. The Morgan fingerprint density at radius 2 is 2.10 bits per heavy atom. The fourth-order valence-corrected chi connectivity index (χ4v) is 3.59. The number of benzene rings is 1. The number of methoxy groups -OCH3 is 1. The highest BCUT2D eigenvalue weighted by molar-refractivity contribution is 6.00. The van der Waals surface area contributed by atoms with E-state index in [4.69, 9.17) is 9.47 Å². The van der Waals surface area contributed by atoms with Crippen LogP contribution in [0.2, 0.25) is 0 Å². The molecule has 9 heteroatoms. The fraction of sp³-hybridized carbons (Fsp3) is 0.381. The summed E-state index contributed by atoms with van der Waals surface area (Å²) in [5.41, 5.74) is 0.826. The minimum Gasteiger partial charge on any atom is -0.497 e. The maximum absolute atomic E-state index is 13.7. The van der Waals surface area contributed by atoms with E-state index in [0.717, 1.165) is 17.4 Å². The number of fused-ring (bicyclic) bond motifs is 1. The van der Waals surface area contributed by atoms with Gasteiger partial charge in [-0.3, -0.25) is 4.79 Å². The van der Waals surface area contributed by atoms with E-state index in [1.54, 1.807) is 31.4 Å². The first-order chi connectivity index (χ1) is 14.5. The molecule has 1 saturated heterocycles. The van der Waals surface area contributed by atoms with E-state index < -0.39 is 12.3 Å². The summed E-state index contributed by atoms with van der Waals surface area (Å²) in [4.78, 5) is 17.3. The molecular weight excluding hydrogens is 394 g/mol. The second kappa shape index (κ2) is 8.35. The van der Waals surface area contributed by atoms with Crippen molar-refractivity contribution in [2.75, 3.05) is 13.7 Å². The van der Waals surface area contributed by atoms with Crippen LogP contribution in [-0.4, -0.2) is 46.4 Å². The average molecular weight is 416 g/mol. The van der Waals surface area contributed by atoms with E-state index in [0.29, 0.717) is 23.6 Å². The Balaban J connectivity index is 1.72. The van der Waals surface area contributed by atoms with Crippen LogP contribution in [-0.2, 0) is 4.74 Å². The molecule has 0 spiro atoms. The number of aromatic nitrogens is 3. The van der Waals surface area contributed by atoms with Gasteiger partial charge in [0.15, 0.2) is 5.65 Å². The molecule has 0 saturated carbocycles. The number of carbonyl (C=O) groups excluding carboxylic acids is 1. The Morgan fingerprint density at radius 3 is 2.73 bits per heavy atom. The lowest BCUT2D eigenvalue weighted by atomic mass is 10.1. The molecule has 3 aromatic rings. The van der Waals surface area contributed by atoms with Gasteiger partial charge in [-0.1, -0.05) is 0 Å². The second-order valence-corrected chi connectivity index (χ2v) is 7.20. The van der Waals surface area contributed by atoms with Crippen LogP contribution >= 0.6 is 0 Å². The summed E-state index contributed by atoms with van der Waals surface area (Å²) in [6, 6.07) is 7.95. The maximum atomic E-state index is 13.7. The predicted octanol–water partition coefficient (Wildman–Crippen LogP) is 3.64. The zero-order valence-electron chi connectivity index (χ0n) is 16.6. The molecule has 0 bridgehead atoms. The van der Waals surface area contributed by atoms with Crippen molar-refractivity contribution in [3.05, 3.63) is 47.8 Å². The molecule has 1 fully saturated rings. The first kappa shape index (κ1) is 20.2. The van der Waals surface area contributed by atoms with Gasteiger partial charge in [-0.15, -0.1) is 0 Å². The topological polar surface area (TPSA) is 77.8 Å². The van der Waals surface area contributed by atoms with Gasteiger partial charge in [-0.05, 0) is 50.1 Å². The lowest BCUT2D eigenvalue weighted by molar-refractivity contribution is 0.0713. The highest BCUT2D eigenvalue weighted by Crippen LogP contribution is 2.28. The SMILES string of the molecule is COc1ccc(-c2cc(C(F)F)n3ncc(C(=O)N[C@H](C)[C@@H]4CCCO4)c3n2)cc1. The highest BCUT2D eigenvalue weighted by atomic mass is 19.3. The summed E-state index contributed by atoms with van der Waals surface area (Å²) in [6.07, 6.45) is 0.241. The molecule has 0 radical (unpaired) electrons. The number of hydrogen-bond donors (Lipinski definition) is 1. The first-order valence-electron chi connectivity index (χ1n) is 9.71. The van der Waals surface area contributed by atoms with Crippen LogP contribution < -0.4 is 10.1 Å². The Kier molecular flexibility index (Phi) is 5.63. The second-order valence-electron chi connectivity index (χ2n) is 7.20. The number of ether oxygens (including phenoxy) is 2. The Morgan fingerprint density at radius 1 is 1.33 bits per heavy atom. The maximum Gasteiger partial charge on any atom is 0.280 e. The third-order valence-electron chi connectivity index (χ3n) is 5.23. The molecule has 1 aliphatic heterocycles. The van der Waals surface area contributed by atoms with Gasteiger partial charge in [-0.25, -0.2) is 18.3 Å². The van der Waals surface area contributed by atoms with E-state index in [1.165, 1.54) is 12.3 Å². The largest absolute Gasteiger partial charge is 0.497 e. The molecule has 1 aliphatic rings. The Hall–Kier alpha value is -3.07. The fourth-order valence-electron chi connectivity index (χ4n) is 3.59. The molecule has 4 rings (SSSR count). The van der Waals surface area contributed by atoms with Crippen LogP contribution in [0.25, 0.3) is 16.9 Å². The number of rotatable bonds is 6. The van der Waals surface area contributed by atoms with Gasteiger partial charge in [0.2, 0.25) is 0 Å². The Bertz CT molecular complexity index is 1050. The van der Waals surface area contributed by atoms with Gasteiger partial charge >= 0.3 is 0 Å². The van der Waals surface area contributed by atoms with Crippen molar-refractivity contribution in [1.29, 1.82) is 0 Å². The van der Waals surface area contributed by atoms with E-state index in [9.17, 15) is 13.6 Å². The van der Waals surface area contributed by atoms with Gasteiger partial charge in [0.1, 0.15) is 17.0 Å². The van der Waals surface area contributed by atoms with Gasteiger partial charge in [0, 0.05) is 12.2 Å². The van der Waals surface area contributed by atoms with Crippen LogP contribution in [0.1, 0.15) is 42.2 Å². The first-order valence-corrected chi connectivity index (χ1v) is 9.71. The van der Waals surface area contributed by atoms with Crippen molar-refractivity contribution in [3.63, 3.8) is 0 Å². The normalized spacial score (nSPS) is 17.4. The predicted molar refractivity (Wildman–Crippen MR) is 106 cm³/mol. The number of nitrogens with one attached hydrogen (secondary N) is 1. The van der Waals surface area contributed by atoms with Crippen LogP contribution in [0.15, 0.2) is 36.5 Å². The molecule has 3 heterocycles. The summed E-state index contributed by atoms with van der Waals surface area (Å²) < 4.78 is 39.2. The lowest BCUT2D eigenvalue weighted by Crippen LogP contribution is -2.40. The standard InChI is InChI=1S/C21H22F2N4O3/c1-12(18-4-3-9-30-18)25-21(28)15-11-24-27-17(19(22)23)10-16(26-20(15)27)13-5-7-14(29-2)8-6-13/h5-8,10-12,18-19H,3-4,9H2,1-2H3,(H,25,28)/t12-,18+/m1/s1. The Labute approximate surface area is 172 Å². The number of alkyl halides is 2. The molecule has 0 unspecified atom stereocenters. The smallest absolute Gasteiger partial charge is 0.280 e. The van der Waals surface area contributed by atoms with Crippen LogP contribution in [0.5, 0.6) is 5.75 Å². The zero-order valence-corrected chi connectivity index (χ0v) is 16.6. The molecule has 1 N–H and O–H groups in total. The van der Waals surface area contributed by atoms with Crippen molar-refractivity contribution in [2.45, 2.75) is 38.3 Å². The van der Waals surface area contributed by atoms with E-state index in [-0.39, 0.29) is 29.1 Å². The molecule has 1 amide bonds. The van der Waals surface area contributed by atoms with Crippen molar-refractivity contribution in [2.24, 2.45) is 0 Å². The van der Waals surface area contributed by atoms with Crippen LogP contribution in [0.4, 0.5) is 8.78 Å². The number of hydrogen-bond acceptors (Lipinski definition) is 5. The van der Waals surface area contributed by atoms with E-state index in [2.05, 4.69) is 15.4 Å². The molecule has 1 aromatic carbocycles. The van der Waals surface area contributed by atoms with Crippen LogP contribution in [0.3, 0.4) is 0 Å². The van der Waals surface area contributed by atoms with Crippen molar-refractivity contribution < 1.29 is 23.0 Å². The number of nitrogens with zero attached hydrogens (tertiary/aromatic N) is 3. The monoisotopic (exact) mass is 416 g/mol. The summed E-state index contributed by atoms with van der Waals surface area (Å²) in [5, 5.41) is 6.87. The summed E-state index contributed by atoms with van der Waals surface area (Å²) in [7, 11) is 1.54. The molecule has 2 aromatic heterocycles. The molecular formula is C21H22F2N4O3. The molecule has 2 atom stereocenters. The molecule has 0 aliphatic carbocycles.